The normalized spacial score (nSPS) is 11.9. The van der Waals surface area contributed by atoms with Crippen LogP contribution in [0.15, 0.2) is 64.2 Å². The molecule has 1 atom stereocenters. The molecule has 1 aromatic heterocycles. The number of aryl methyl sites for hydroxylation is 1. The van der Waals surface area contributed by atoms with Crippen molar-refractivity contribution >= 4 is 17.7 Å². The molecule has 0 fully saturated rings. The number of thioether (sulfide) groups is 1. The highest BCUT2D eigenvalue weighted by Crippen LogP contribution is 2.23. The molecule has 0 radical (unpaired) electrons. The summed E-state index contributed by atoms with van der Waals surface area (Å²) in [6.45, 7) is 3.98. The van der Waals surface area contributed by atoms with E-state index in [0.29, 0.717) is 11.1 Å². The highest BCUT2D eigenvalue weighted by molar-refractivity contribution is 7.99. The third kappa shape index (κ3) is 4.70. The molecule has 0 bridgehead atoms. The van der Waals surface area contributed by atoms with Gasteiger partial charge < -0.3 is 9.73 Å². The minimum absolute atomic E-state index is 0.0416. The Morgan fingerprint density at radius 2 is 1.84 bits per heavy atom. The molecular weight excluding hydrogens is 334 g/mol. The lowest BCUT2D eigenvalue weighted by molar-refractivity contribution is -0.119. The smallest absolute Gasteiger partial charge is 0.277 e. The van der Waals surface area contributed by atoms with Crippen LogP contribution in [0.5, 0.6) is 0 Å². The van der Waals surface area contributed by atoms with Gasteiger partial charge in [-0.1, -0.05) is 59.8 Å². The molecule has 2 aromatic carbocycles. The number of carbonyl (C=O) groups is 1. The van der Waals surface area contributed by atoms with E-state index in [4.69, 9.17) is 4.42 Å². The summed E-state index contributed by atoms with van der Waals surface area (Å²) in [5.74, 6) is 0.615. The van der Waals surface area contributed by atoms with Gasteiger partial charge >= 0.3 is 0 Å². The van der Waals surface area contributed by atoms with Crippen molar-refractivity contribution in [2.75, 3.05) is 5.75 Å². The van der Waals surface area contributed by atoms with Crippen molar-refractivity contribution in [2.24, 2.45) is 0 Å². The number of aromatic nitrogens is 2. The summed E-state index contributed by atoms with van der Waals surface area (Å²) in [6.07, 6.45) is 0. The number of rotatable bonds is 6. The van der Waals surface area contributed by atoms with Gasteiger partial charge in [0.1, 0.15) is 0 Å². The molecule has 0 saturated carbocycles. The molecule has 128 valence electrons. The first-order chi connectivity index (χ1) is 12.1. The predicted molar refractivity (Wildman–Crippen MR) is 98.2 cm³/mol. The Balaban J connectivity index is 1.53. The van der Waals surface area contributed by atoms with Crippen LogP contribution in [0, 0.1) is 6.92 Å². The second-order valence-corrected chi connectivity index (χ2v) is 6.65. The third-order valence-electron chi connectivity index (χ3n) is 3.71. The van der Waals surface area contributed by atoms with Gasteiger partial charge in [-0.05, 0) is 31.5 Å². The number of hydrogen-bond donors (Lipinski definition) is 1. The molecule has 0 saturated heterocycles. The Morgan fingerprint density at radius 3 is 2.56 bits per heavy atom. The summed E-state index contributed by atoms with van der Waals surface area (Å²) in [5, 5.41) is 11.4. The van der Waals surface area contributed by atoms with Crippen molar-refractivity contribution in [3.63, 3.8) is 0 Å². The summed E-state index contributed by atoms with van der Waals surface area (Å²) < 4.78 is 5.61. The van der Waals surface area contributed by atoms with E-state index in [1.54, 1.807) is 0 Å². The number of hydrogen-bond acceptors (Lipinski definition) is 5. The van der Waals surface area contributed by atoms with Gasteiger partial charge in [-0.25, -0.2) is 0 Å². The molecule has 6 heteroatoms. The monoisotopic (exact) mass is 353 g/mol. The molecule has 0 aliphatic rings. The predicted octanol–water partition coefficient (Wildman–Crippen LogP) is 4.01. The van der Waals surface area contributed by atoms with Crippen LogP contribution in [-0.2, 0) is 4.79 Å². The van der Waals surface area contributed by atoms with E-state index in [1.165, 1.54) is 17.3 Å². The van der Waals surface area contributed by atoms with E-state index in [-0.39, 0.29) is 17.7 Å². The van der Waals surface area contributed by atoms with E-state index in [2.05, 4.69) is 15.5 Å². The van der Waals surface area contributed by atoms with Gasteiger partial charge in [0.15, 0.2) is 0 Å². The molecule has 0 spiro atoms. The Labute approximate surface area is 150 Å². The fourth-order valence-corrected chi connectivity index (χ4v) is 2.89. The number of benzene rings is 2. The molecule has 5 nitrogen and oxygen atoms in total. The summed E-state index contributed by atoms with van der Waals surface area (Å²) >= 11 is 1.23. The average molecular weight is 353 g/mol. The Morgan fingerprint density at radius 1 is 1.12 bits per heavy atom. The standard InChI is InChI=1S/C19H19N3O2S/c1-13-8-10-16(11-9-13)18-21-22-19(24-18)25-12-17(23)20-14(2)15-6-4-3-5-7-15/h3-11,14H,12H2,1-2H3,(H,20,23). The van der Waals surface area contributed by atoms with Gasteiger partial charge in [0, 0.05) is 5.56 Å². The lowest BCUT2D eigenvalue weighted by atomic mass is 10.1. The molecule has 25 heavy (non-hydrogen) atoms. The maximum absolute atomic E-state index is 12.1. The third-order valence-corrected chi connectivity index (χ3v) is 4.53. The van der Waals surface area contributed by atoms with Gasteiger partial charge in [-0.3, -0.25) is 4.79 Å². The number of nitrogens with zero attached hydrogens (tertiary/aromatic N) is 2. The average Bonchev–Trinajstić information content (AvgIpc) is 3.10. The van der Waals surface area contributed by atoms with Crippen LogP contribution >= 0.6 is 11.8 Å². The molecule has 1 heterocycles. The van der Waals surface area contributed by atoms with E-state index in [0.717, 1.165) is 11.1 Å². The summed E-state index contributed by atoms with van der Waals surface area (Å²) in [7, 11) is 0. The van der Waals surface area contributed by atoms with Gasteiger partial charge in [0.05, 0.1) is 11.8 Å². The molecule has 3 aromatic rings. The van der Waals surface area contributed by atoms with E-state index in [1.807, 2.05) is 68.4 Å². The van der Waals surface area contributed by atoms with Crippen LogP contribution in [0.4, 0.5) is 0 Å². The van der Waals surface area contributed by atoms with Crippen molar-refractivity contribution in [3.05, 3.63) is 65.7 Å². The minimum atomic E-state index is -0.0727. The number of amides is 1. The maximum Gasteiger partial charge on any atom is 0.277 e. The van der Waals surface area contributed by atoms with Gasteiger partial charge in [0.25, 0.3) is 5.22 Å². The van der Waals surface area contributed by atoms with E-state index in [9.17, 15) is 4.79 Å². The SMILES string of the molecule is Cc1ccc(-c2nnc(SCC(=O)NC(C)c3ccccc3)o2)cc1. The van der Waals surface area contributed by atoms with E-state index < -0.39 is 0 Å². The molecule has 1 amide bonds. The first-order valence-corrected chi connectivity index (χ1v) is 8.98. The van der Waals surface area contributed by atoms with Crippen molar-refractivity contribution in [2.45, 2.75) is 25.1 Å². The zero-order valence-corrected chi connectivity index (χ0v) is 14.9. The summed E-state index contributed by atoms with van der Waals surface area (Å²) in [4.78, 5) is 12.1. The summed E-state index contributed by atoms with van der Waals surface area (Å²) in [6, 6.07) is 17.7. The summed E-state index contributed by atoms with van der Waals surface area (Å²) in [5.41, 5.74) is 3.11. The molecule has 3 rings (SSSR count). The fourth-order valence-electron chi connectivity index (χ4n) is 2.32. The first kappa shape index (κ1) is 17.2. The minimum Gasteiger partial charge on any atom is -0.411 e. The lowest BCUT2D eigenvalue weighted by Gasteiger charge is -2.13. The molecule has 0 aliphatic carbocycles. The topological polar surface area (TPSA) is 68.0 Å². The molecule has 0 aliphatic heterocycles. The van der Waals surface area contributed by atoms with Crippen molar-refractivity contribution in [3.8, 4) is 11.5 Å². The van der Waals surface area contributed by atoms with Crippen LogP contribution < -0.4 is 5.32 Å². The van der Waals surface area contributed by atoms with Gasteiger partial charge in [0.2, 0.25) is 11.8 Å². The van der Waals surface area contributed by atoms with Crippen LogP contribution in [0.1, 0.15) is 24.1 Å². The van der Waals surface area contributed by atoms with E-state index >= 15 is 0 Å². The Kier molecular flexibility index (Phi) is 5.50. The second-order valence-electron chi connectivity index (χ2n) is 5.73. The second kappa shape index (κ2) is 7.98. The highest BCUT2D eigenvalue weighted by Gasteiger charge is 2.13. The molecular formula is C19H19N3O2S. The van der Waals surface area contributed by atoms with Crippen molar-refractivity contribution in [1.29, 1.82) is 0 Å². The molecule has 1 unspecified atom stereocenters. The number of carbonyl (C=O) groups excluding carboxylic acids is 1. The quantitative estimate of drug-likeness (QED) is 0.678. The maximum atomic E-state index is 12.1. The van der Waals surface area contributed by atoms with Crippen LogP contribution in [-0.4, -0.2) is 21.9 Å². The Hall–Kier alpha value is -2.60. The van der Waals surface area contributed by atoms with Gasteiger partial charge in [-0.2, -0.15) is 0 Å². The fraction of sp³-hybridized carbons (Fsp3) is 0.211. The van der Waals surface area contributed by atoms with Gasteiger partial charge in [-0.15, -0.1) is 10.2 Å². The zero-order valence-electron chi connectivity index (χ0n) is 14.1. The highest BCUT2D eigenvalue weighted by atomic mass is 32.2. The largest absolute Gasteiger partial charge is 0.411 e. The van der Waals surface area contributed by atoms with Crippen LogP contribution in [0.25, 0.3) is 11.5 Å². The van der Waals surface area contributed by atoms with Crippen molar-refractivity contribution < 1.29 is 9.21 Å². The lowest BCUT2D eigenvalue weighted by Crippen LogP contribution is -2.28. The Bertz CT molecular complexity index is 831. The number of nitrogens with one attached hydrogen (secondary N) is 1. The van der Waals surface area contributed by atoms with Crippen molar-refractivity contribution in [1.82, 2.24) is 15.5 Å². The zero-order chi connectivity index (χ0) is 17.6. The first-order valence-electron chi connectivity index (χ1n) is 7.99. The van der Waals surface area contributed by atoms with Crippen LogP contribution in [0.2, 0.25) is 0 Å². The molecule has 1 N–H and O–H groups in total. The van der Waals surface area contributed by atoms with Crippen LogP contribution in [0.3, 0.4) is 0 Å².